The number of aromatic nitrogens is 1. The maximum Gasteiger partial charge on any atom is 0.407 e. The van der Waals surface area contributed by atoms with E-state index in [0.29, 0.717) is 5.57 Å². The third kappa shape index (κ3) is 2.34. The first-order chi connectivity index (χ1) is 19.0. The molecule has 0 amide bonds. The van der Waals surface area contributed by atoms with Gasteiger partial charge in [-0.15, -0.1) is 0 Å². The van der Waals surface area contributed by atoms with Crippen molar-refractivity contribution >= 4 is 13.7 Å². The standard InChI is InChI=1S/C27H38N3O10P/c1-14(2)24(34)19(37-18(31)16-7-6-11-29-16)25(35)20(4)13-23(33)21(24,5)27(25)26(39-23)17(15(3)8-9-22(20,26)32)38-41(36,40-27)30-12-10-28/h6-7,11,14,17,19,29,32-35H,3,8-10,12-13,28H2,1-2,4-5H3,(H,30,36)/t17-,19-,20+,21+,22+,23+,24-,25-,26-,27-,41?/m1/s1. The molecule has 11 atom stereocenters. The smallest absolute Gasteiger partial charge is 0.407 e. The SMILES string of the molecule is C=C1CC[C@]2(O)[C@]3(C)C[C@]4(O)O[C@]25[C@@H]1OP(=O)(NCCN)O[C@]51[C@@]3(O)[C@H](OC(=O)c2ccc[nH]2)[C@](O)(C(C)C)[C@@]14C. The molecule has 2 spiro atoms. The predicted molar refractivity (Wildman–Crippen MR) is 141 cm³/mol. The van der Waals surface area contributed by atoms with E-state index < -0.39 is 76.5 Å². The third-order valence-electron chi connectivity index (χ3n) is 11.8. The normalized spacial score (nSPS) is 56.0. The van der Waals surface area contributed by atoms with E-state index in [9.17, 15) is 29.8 Å². The first-order valence-corrected chi connectivity index (χ1v) is 15.6. The molecule has 7 fully saturated rings. The molecule has 4 aliphatic carbocycles. The van der Waals surface area contributed by atoms with Crippen LogP contribution in [0.15, 0.2) is 30.5 Å². The van der Waals surface area contributed by atoms with Gasteiger partial charge in [-0.25, -0.2) is 14.4 Å². The Morgan fingerprint density at radius 3 is 2.63 bits per heavy atom. The largest absolute Gasteiger partial charge is 0.451 e. The van der Waals surface area contributed by atoms with Crippen LogP contribution in [0.5, 0.6) is 0 Å². The summed E-state index contributed by atoms with van der Waals surface area (Å²) in [7, 11) is -4.41. The van der Waals surface area contributed by atoms with E-state index >= 15 is 0 Å². The summed E-state index contributed by atoms with van der Waals surface area (Å²) < 4.78 is 39.7. The van der Waals surface area contributed by atoms with E-state index in [4.69, 9.17) is 24.3 Å². The highest BCUT2D eigenvalue weighted by Gasteiger charge is 3.12. The molecule has 41 heavy (non-hydrogen) atoms. The van der Waals surface area contributed by atoms with Crippen LogP contribution < -0.4 is 10.8 Å². The van der Waals surface area contributed by atoms with Crippen LogP contribution in [0.2, 0.25) is 0 Å². The molecule has 6 bridgehead atoms. The van der Waals surface area contributed by atoms with Gasteiger partial charge in [0.05, 0.1) is 5.41 Å². The van der Waals surface area contributed by atoms with Gasteiger partial charge in [0.15, 0.2) is 23.1 Å². The number of hydrogen-bond donors (Lipinski definition) is 7. The fourth-order valence-electron chi connectivity index (χ4n) is 10.2. The number of nitrogens with two attached hydrogens (primary N) is 1. The first-order valence-electron chi connectivity index (χ1n) is 14.0. The number of hydrogen-bond acceptors (Lipinski definition) is 11. The number of carbonyl (C=O) groups is 1. The fraction of sp³-hybridized carbons (Fsp3) is 0.741. The van der Waals surface area contributed by atoms with Gasteiger partial charge in [0.2, 0.25) is 0 Å². The highest BCUT2D eigenvalue weighted by Crippen LogP contribution is 2.94. The second-order valence-electron chi connectivity index (χ2n) is 13.3. The average molecular weight is 596 g/mol. The van der Waals surface area contributed by atoms with E-state index in [0.717, 1.165) is 0 Å². The van der Waals surface area contributed by atoms with Crippen molar-refractivity contribution in [3.63, 3.8) is 0 Å². The Morgan fingerprint density at radius 2 is 2.02 bits per heavy atom. The zero-order chi connectivity index (χ0) is 29.9. The van der Waals surface area contributed by atoms with Crippen LogP contribution in [-0.4, -0.2) is 90.5 Å². The Hall–Kier alpha value is -1.64. The Balaban J connectivity index is 1.59. The van der Waals surface area contributed by atoms with Gasteiger partial charge in [0.1, 0.15) is 28.6 Å². The second kappa shape index (κ2) is 7.52. The van der Waals surface area contributed by atoms with Crippen molar-refractivity contribution in [2.75, 3.05) is 13.1 Å². The summed E-state index contributed by atoms with van der Waals surface area (Å²) in [6.07, 6.45) is -1.68. The monoisotopic (exact) mass is 595 g/mol. The summed E-state index contributed by atoms with van der Waals surface area (Å²) in [5.74, 6) is -3.92. The number of H-pyrrole nitrogens is 1. The van der Waals surface area contributed by atoms with E-state index in [-0.39, 0.29) is 38.0 Å². The van der Waals surface area contributed by atoms with Gasteiger partial charge in [-0.2, -0.15) is 0 Å². The molecule has 1 unspecified atom stereocenters. The van der Waals surface area contributed by atoms with Gasteiger partial charge >= 0.3 is 13.7 Å². The summed E-state index contributed by atoms with van der Waals surface area (Å²) in [6, 6.07) is 3.07. The molecular weight excluding hydrogens is 557 g/mol. The maximum absolute atomic E-state index is 14.5. The summed E-state index contributed by atoms with van der Waals surface area (Å²) in [6.45, 7) is 10.6. The van der Waals surface area contributed by atoms with Gasteiger partial charge in [0.25, 0.3) is 0 Å². The summed E-state index contributed by atoms with van der Waals surface area (Å²) in [5.41, 5.74) is -8.66. The van der Waals surface area contributed by atoms with Crippen LogP contribution in [-0.2, 0) is 23.1 Å². The molecule has 7 aliphatic rings. The molecule has 1 aromatic rings. The molecule has 0 aromatic carbocycles. The van der Waals surface area contributed by atoms with Gasteiger partial charge in [-0.05, 0) is 43.4 Å². The zero-order valence-corrected chi connectivity index (χ0v) is 24.4. The van der Waals surface area contributed by atoms with Crippen LogP contribution in [0.3, 0.4) is 0 Å². The lowest BCUT2D eigenvalue weighted by Gasteiger charge is -2.60. The van der Waals surface area contributed by atoms with E-state index in [2.05, 4.69) is 16.7 Å². The minimum atomic E-state index is -4.41. The number of esters is 1. The molecule has 4 heterocycles. The average Bonchev–Trinajstić information content (AvgIpc) is 3.53. The molecule has 3 aliphatic heterocycles. The molecule has 226 valence electrons. The van der Waals surface area contributed by atoms with Crippen LogP contribution in [0.1, 0.15) is 57.4 Å². The van der Waals surface area contributed by atoms with E-state index in [1.54, 1.807) is 26.8 Å². The van der Waals surface area contributed by atoms with Gasteiger partial charge < -0.3 is 40.6 Å². The lowest BCUT2D eigenvalue weighted by Crippen LogP contribution is -2.77. The Bertz CT molecular complexity index is 1420. The van der Waals surface area contributed by atoms with Crippen LogP contribution >= 0.6 is 7.75 Å². The molecule has 8 N–H and O–H groups in total. The minimum Gasteiger partial charge on any atom is -0.451 e. The van der Waals surface area contributed by atoms with Crippen molar-refractivity contribution in [3.8, 4) is 0 Å². The number of nitrogens with one attached hydrogen (secondary N) is 2. The fourth-order valence-corrected chi connectivity index (χ4v) is 12.2. The number of aromatic amines is 1. The second-order valence-corrected chi connectivity index (χ2v) is 15.0. The third-order valence-corrected chi connectivity index (χ3v) is 13.5. The number of ether oxygens (including phenoxy) is 2. The molecule has 4 saturated carbocycles. The molecule has 1 aromatic heterocycles. The molecular formula is C27H38N3O10P. The highest BCUT2D eigenvalue weighted by atomic mass is 31.2. The number of rotatable bonds is 6. The number of carbonyl (C=O) groups excluding carboxylic acids is 1. The Kier molecular flexibility index (Phi) is 5.17. The predicted octanol–water partition coefficient (Wildman–Crippen LogP) is 0.451. The van der Waals surface area contributed by atoms with Gasteiger partial charge in [-0.3, -0.25) is 9.05 Å². The quantitative estimate of drug-likeness (QED) is 0.136. The first kappa shape index (κ1) is 28.1. The van der Waals surface area contributed by atoms with Gasteiger partial charge in [-0.1, -0.05) is 27.4 Å². The van der Waals surface area contributed by atoms with Gasteiger partial charge in [0, 0.05) is 31.1 Å². The van der Waals surface area contributed by atoms with Crippen LogP contribution in [0.4, 0.5) is 0 Å². The van der Waals surface area contributed by atoms with Crippen molar-refractivity contribution in [2.45, 2.75) is 93.0 Å². The maximum atomic E-state index is 14.5. The Morgan fingerprint density at radius 1 is 1.32 bits per heavy atom. The highest BCUT2D eigenvalue weighted by molar-refractivity contribution is 7.51. The van der Waals surface area contributed by atoms with Crippen LogP contribution in [0, 0.1) is 16.7 Å². The van der Waals surface area contributed by atoms with Crippen molar-refractivity contribution in [1.29, 1.82) is 0 Å². The summed E-state index contributed by atoms with van der Waals surface area (Å²) in [4.78, 5) is 16.3. The molecule has 0 radical (unpaired) electrons. The minimum absolute atomic E-state index is 0.00104. The molecule has 13 nitrogen and oxygen atoms in total. The number of aliphatic hydroxyl groups is 4. The van der Waals surface area contributed by atoms with Crippen molar-refractivity contribution in [1.82, 2.24) is 10.1 Å². The summed E-state index contributed by atoms with van der Waals surface area (Å²) in [5, 5.41) is 54.4. The lowest BCUT2D eigenvalue weighted by atomic mass is 9.52. The van der Waals surface area contributed by atoms with E-state index in [1.807, 2.05) is 0 Å². The van der Waals surface area contributed by atoms with Crippen molar-refractivity contribution in [3.05, 3.63) is 36.2 Å². The molecule has 14 heteroatoms. The van der Waals surface area contributed by atoms with Crippen molar-refractivity contribution in [2.24, 2.45) is 22.5 Å². The zero-order valence-electron chi connectivity index (χ0n) is 23.5. The topological polar surface area (TPSA) is 206 Å². The van der Waals surface area contributed by atoms with Crippen molar-refractivity contribution < 1.29 is 48.3 Å². The van der Waals surface area contributed by atoms with Crippen LogP contribution in [0.25, 0.3) is 0 Å². The Labute approximate surface area is 237 Å². The molecule has 3 saturated heterocycles. The summed E-state index contributed by atoms with van der Waals surface area (Å²) >= 11 is 0. The van der Waals surface area contributed by atoms with E-state index in [1.165, 1.54) is 19.2 Å². The lowest BCUT2D eigenvalue weighted by molar-refractivity contribution is -0.381. The molecule has 8 rings (SSSR count).